The summed E-state index contributed by atoms with van der Waals surface area (Å²) in [5, 5.41) is 0. The van der Waals surface area contributed by atoms with Gasteiger partial charge in [-0.2, -0.15) is 13.2 Å². The van der Waals surface area contributed by atoms with Crippen molar-refractivity contribution in [2.24, 2.45) is 0 Å². The van der Waals surface area contributed by atoms with Crippen molar-refractivity contribution in [2.45, 2.75) is 6.18 Å². The molecule has 28 heavy (non-hydrogen) atoms. The summed E-state index contributed by atoms with van der Waals surface area (Å²) in [6, 6.07) is 11.4. The van der Waals surface area contributed by atoms with Gasteiger partial charge in [0.05, 0.1) is 23.0 Å². The second-order valence-corrected chi connectivity index (χ2v) is 5.84. The molecule has 0 saturated carbocycles. The Balaban J connectivity index is 1.65. The van der Waals surface area contributed by atoms with Crippen LogP contribution in [0.3, 0.4) is 0 Å². The highest BCUT2D eigenvalue weighted by Gasteiger charge is 2.30. The van der Waals surface area contributed by atoms with E-state index in [1.807, 2.05) is 0 Å². The van der Waals surface area contributed by atoms with E-state index in [2.05, 4.69) is 19.9 Å². The van der Waals surface area contributed by atoms with Crippen molar-refractivity contribution in [3.8, 4) is 22.9 Å². The summed E-state index contributed by atoms with van der Waals surface area (Å²) in [7, 11) is 0. The lowest BCUT2D eigenvalue weighted by molar-refractivity contribution is -0.137. The third-order valence-corrected chi connectivity index (χ3v) is 3.92. The number of nitrogen functional groups attached to an aromatic ring is 1. The van der Waals surface area contributed by atoms with Crippen LogP contribution in [0.15, 0.2) is 61.1 Å². The summed E-state index contributed by atoms with van der Waals surface area (Å²) in [6.45, 7) is 0. The number of anilines is 1. The second-order valence-electron chi connectivity index (χ2n) is 5.84. The number of alkyl halides is 3. The largest absolute Gasteiger partial charge is 0.437 e. The molecule has 0 aliphatic heterocycles. The van der Waals surface area contributed by atoms with Crippen molar-refractivity contribution in [3.05, 3.63) is 66.6 Å². The summed E-state index contributed by atoms with van der Waals surface area (Å²) >= 11 is 0. The van der Waals surface area contributed by atoms with E-state index >= 15 is 0 Å². The van der Waals surface area contributed by atoms with Gasteiger partial charge in [-0.3, -0.25) is 0 Å². The van der Waals surface area contributed by atoms with Crippen molar-refractivity contribution in [1.29, 1.82) is 0 Å². The van der Waals surface area contributed by atoms with Crippen LogP contribution in [0.2, 0.25) is 0 Å². The van der Waals surface area contributed by atoms with Gasteiger partial charge >= 0.3 is 6.18 Å². The zero-order valence-corrected chi connectivity index (χ0v) is 14.2. The zero-order chi connectivity index (χ0) is 19.7. The molecular weight excluding hydrogens is 371 g/mol. The van der Waals surface area contributed by atoms with Gasteiger partial charge in [-0.25, -0.2) is 19.9 Å². The fraction of sp³-hybridized carbons (Fsp3) is 0.0526. The van der Waals surface area contributed by atoms with Gasteiger partial charge in [0, 0.05) is 11.6 Å². The molecule has 140 valence electrons. The number of ether oxygens (including phenoxy) is 1. The molecule has 0 aliphatic rings. The first kappa shape index (κ1) is 17.7. The van der Waals surface area contributed by atoms with Crippen LogP contribution in [0.25, 0.3) is 22.3 Å². The molecule has 0 saturated heterocycles. The van der Waals surface area contributed by atoms with Crippen LogP contribution in [0, 0.1) is 0 Å². The predicted molar refractivity (Wildman–Crippen MR) is 96.5 cm³/mol. The van der Waals surface area contributed by atoms with Crippen molar-refractivity contribution in [3.63, 3.8) is 0 Å². The number of para-hydroxylation sites is 1. The summed E-state index contributed by atoms with van der Waals surface area (Å²) in [5.74, 6) is 0.925. The first-order valence-corrected chi connectivity index (χ1v) is 8.09. The number of fused-ring (bicyclic) bond motifs is 1. The molecule has 9 heteroatoms. The second kappa shape index (κ2) is 6.76. The fourth-order valence-corrected chi connectivity index (χ4v) is 2.61. The van der Waals surface area contributed by atoms with Crippen LogP contribution in [0.4, 0.5) is 19.0 Å². The maximum absolute atomic E-state index is 12.7. The molecule has 0 spiro atoms. The van der Waals surface area contributed by atoms with Gasteiger partial charge in [-0.05, 0) is 24.3 Å². The normalized spacial score (nSPS) is 11.5. The monoisotopic (exact) mass is 383 g/mol. The quantitative estimate of drug-likeness (QED) is 0.561. The van der Waals surface area contributed by atoms with E-state index in [1.54, 1.807) is 18.2 Å². The molecule has 0 bridgehead atoms. The Morgan fingerprint density at radius 1 is 0.929 bits per heavy atom. The summed E-state index contributed by atoms with van der Waals surface area (Å²) in [6.07, 6.45) is -1.70. The van der Waals surface area contributed by atoms with Gasteiger partial charge in [-0.15, -0.1) is 0 Å². The Hall–Kier alpha value is -3.75. The van der Waals surface area contributed by atoms with Crippen molar-refractivity contribution in [2.75, 3.05) is 5.73 Å². The molecule has 2 aromatic heterocycles. The predicted octanol–water partition coefficient (Wildman–Crippen LogP) is 4.48. The van der Waals surface area contributed by atoms with Gasteiger partial charge in [0.15, 0.2) is 5.75 Å². The lowest BCUT2D eigenvalue weighted by Gasteiger charge is -2.09. The van der Waals surface area contributed by atoms with Crippen LogP contribution in [-0.2, 0) is 6.18 Å². The highest BCUT2D eigenvalue weighted by molar-refractivity contribution is 5.82. The third-order valence-electron chi connectivity index (χ3n) is 3.92. The van der Waals surface area contributed by atoms with Crippen molar-refractivity contribution < 1.29 is 17.9 Å². The van der Waals surface area contributed by atoms with Crippen LogP contribution in [0.1, 0.15) is 5.56 Å². The summed E-state index contributed by atoms with van der Waals surface area (Å²) in [4.78, 5) is 16.6. The molecule has 0 unspecified atom stereocenters. The average Bonchev–Trinajstić information content (AvgIpc) is 2.68. The minimum Gasteiger partial charge on any atom is -0.437 e. The summed E-state index contributed by atoms with van der Waals surface area (Å²) < 4.78 is 43.9. The highest BCUT2D eigenvalue weighted by atomic mass is 19.4. The number of halogens is 3. The van der Waals surface area contributed by atoms with E-state index in [0.29, 0.717) is 28.0 Å². The number of nitrogens with two attached hydrogens (primary N) is 1. The molecule has 4 rings (SSSR count). The van der Waals surface area contributed by atoms with E-state index in [1.165, 1.54) is 30.7 Å². The Morgan fingerprint density at radius 2 is 1.71 bits per heavy atom. The molecule has 2 heterocycles. The Bertz CT molecular complexity index is 1150. The molecule has 0 fully saturated rings. The van der Waals surface area contributed by atoms with Crippen LogP contribution < -0.4 is 10.5 Å². The SMILES string of the molecule is Nc1cnc2c(Oc3cc(-c4ccc(C(F)(F)F)cc4)ncn3)cccc2n1. The fourth-order valence-electron chi connectivity index (χ4n) is 2.61. The average molecular weight is 383 g/mol. The standard InChI is InChI=1S/C19H12F3N5O/c20-19(21,22)12-6-4-11(5-7-12)14-8-17(26-10-25-14)28-15-3-1-2-13-18(15)24-9-16(23)27-13/h1-10H,(H2,23,27). The van der Waals surface area contributed by atoms with Crippen LogP contribution in [0.5, 0.6) is 11.6 Å². The van der Waals surface area contributed by atoms with E-state index in [-0.39, 0.29) is 11.7 Å². The van der Waals surface area contributed by atoms with Gasteiger partial charge in [0.25, 0.3) is 0 Å². The molecule has 4 aromatic rings. The summed E-state index contributed by atoms with van der Waals surface area (Å²) in [5.41, 5.74) is 6.92. The molecule has 2 aromatic carbocycles. The van der Waals surface area contributed by atoms with E-state index in [4.69, 9.17) is 10.5 Å². The smallest absolute Gasteiger partial charge is 0.416 e. The van der Waals surface area contributed by atoms with Crippen LogP contribution >= 0.6 is 0 Å². The van der Waals surface area contributed by atoms with E-state index in [0.717, 1.165) is 12.1 Å². The lowest BCUT2D eigenvalue weighted by Crippen LogP contribution is -2.04. The topological polar surface area (TPSA) is 86.8 Å². The van der Waals surface area contributed by atoms with Gasteiger partial charge in [0.1, 0.15) is 17.7 Å². The molecular formula is C19H12F3N5O. The molecule has 2 N–H and O–H groups in total. The van der Waals surface area contributed by atoms with Gasteiger partial charge in [0.2, 0.25) is 5.88 Å². The number of hydrogen-bond acceptors (Lipinski definition) is 6. The maximum atomic E-state index is 12.7. The zero-order valence-electron chi connectivity index (χ0n) is 14.2. The number of rotatable bonds is 3. The number of hydrogen-bond donors (Lipinski definition) is 1. The molecule has 6 nitrogen and oxygen atoms in total. The minimum atomic E-state index is -4.39. The molecule has 0 radical (unpaired) electrons. The Labute approximate surface area is 156 Å². The number of nitrogens with zero attached hydrogens (tertiary/aromatic N) is 4. The first-order valence-electron chi connectivity index (χ1n) is 8.09. The van der Waals surface area contributed by atoms with Gasteiger partial charge < -0.3 is 10.5 Å². The van der Waals surface area contributed by atoms with E-state index < -0.39 is 11.7 Å². The van der Waals surface area contributed by atoms with Crippen molar-refractivity contribution >= 4 is 16.9 Å². The molecule has 0 aliphatic carbocycles. The van der Waals surface area contributed by atoms with Crippen LogP contribution in [-0.4, -0.2) is 19.9 Å². The molecule has 0 amide bonds. The first-order chi connectivity index (χ1) is 13.4. The maximum Gasteiger partial charge on any atom is 0.416 e. The van der Waals surface area contributed by atoms with Crippen molar-refractivity contribution in [1.82, 2.24) is 19.9 Å². The molecule has 0 atom stereocenters. The Morgan fingerprint density at radius 3 is 2.46 bits per heavy atom. The number of benzene rings is 2. The highest BCUT2D eigenvalue weighted by Crippen LogP contribution is 2.32. The number of aromatic nitrogens is 4. The minimum absolute atomic E-state index is 0.219. The third kappa shape index (κ3) is 3.54. The lowest BCUT2D eigenvalue weighted by atomic mass is 10.1. The van der Waals surface area contributed by atoms with E-state index in [9.17, 15) is 13.2 Å². The van der Waals surface area contributed by atoms with Gasteiger partial charge in [-0.1, -0.05) is 18.2 Å². The Kier molecular flexibility index (Phi) is 4.26.